The van der Waals surface area contributed by atoms with Crippen molar-refractivity contribution in [3.8, 4) is 0 Å². The first-order chi connectivity index (χ1) is 11.5. The Labute approximate surface area is 139 Å². The van der Waals surface area contributed by atoms with E-state index in [0.717, 1.165) is 5.56 Å². The lowest BCUT2D eigenvalue weighted by Gasteiger charge is -2.26. The summed E-state index contributed by atoms with van der Waals surface area (Å²) in [5.74, 6) is -0.807. The number of benzene rings is 1. The molecule has 1 N–H and O–H groups in total. The molecular formula is C16H21N3O5. The van der Waals surface area contributed by atoms with Gasteiger partial charge in [-0.25, -0.2) is 0 Å². The highest BCUT2D eigenvalue weighted by atomic mass is 16.8. The van der Waals surface area contributed by atoms with E-state index in [-0.39, 0.29) is 6.61 Å². The van der Waals surface area contributed by atoms with Crippen LogP contribution in [-0.2, 0) is 25.6 Å². The molecule has 2 heterocycles. The molecule has 1 aromatic rings. The molecule has 130 valence electrons. The topological polar surface area (TPSA) is 106 Å². The van der Waals surface area contributed by atoms with Gasteiger partial charge in [-0.2, -0.15) is 0 Å². The summed E-state index contributed by atoms with van der Waals surface area (Å²) in [6.07, 6.45) is -2.89. The van der Waals surface area contributed by atoms with Crippen LogP contribution in [0.25, 0.3) is 10.4 Å². The molecule has 2 fully saturated rings. The van der Waals surface area contributed by atoms with Gasteiger partial charge in [-0.15, -0.1) is 0 Å². The van der Waals surface area contributed by atoms with Crippen molar-refractivity contribution in [1.82, 2.24) is 0 Å². The van der Waals surface area contributed by atoms with Crippen LogP contribution in [0.4, 0.5) is 0 Å². The van der Waals surface area contributed by atoms with Gasteiger partial charge >= 0.3 is 0 Å². The van der Waals surface area contributed by atoms with Crippen LogP contribution < -0.4 is 0 Å². The number of ether oxygens (including phenoxy) is 4. The first-order valence-electron chi connectivity index (χ1n) is 7.85. The normalized spacial score (nSPS) is 32.1. The standard InChI is InChI=1S/C16H21N3O5/c1-16(2)23-14-12(18-19-17)13(22-15(14)24-16)11(20)9-21-8-10-6-4-3-5-7-10/h3-7,11-15,20H,8-9H2,1-2H3/t11?,12?,13-,14-,15-/m0/s1. The number of aliphatic hydroxyl groups excluding tert-OH is 1. The minimum atomic E-state index is -0.954. The third kappa shape index (κ3) is 3.70. The molecule has 24 heavy (non-hydrogen) atoms. The molecule has 8 nitrogen and oxygen atoms in total. The lowest BCUT2D eigenvalue weighted by molar-refractivity contribution is -0.218. The average molecular weight is 335 g/mol. The van der Waals surface area contributed by atoms with Crippen LogP contribution >= 0.6 is 0 Å². The predicted octanol–water partition coefficient (Wildman–Crippen LogP) is 2.12. The molecule has 0 bridgehead atoms. The van der Waals surface area contributed by atoms with Crippen molar-refractivity contribution in [1.29, 1.82) is 0 Å². The minimum Gasteiger partial charge on any atom is -0.388 e. The zero-order chi connectivity index (χ0) is 17.2. The Morgan fingerprint density at radius 3 is 2.79 bits per heavy atom. The van der Waals surface area contributed by atoms with Crippen LogP contribution in [0.15, 0.2) is 35.4 Å². The Bertz CT molecular complexity index is 605. The summed E-state index contributed by atoms with van der Waals surface area (Å²) < 4.78 is 22.6. The maximum Gasteiger partial charge on any atom is 0.188 e. The van der Waals surface area contributed by atoms with Gasteiger partial charge in [0.15, 0.2) is 12.1 Å². The lowest BCUT2D eigenvalue weighted by atomic mass is 10.0. The van der Waals surface area contributed by atoms with Gasteiger partial charge in [0, 0.05) is 4.91 Å². The smallest absolute Gasteiger partial charge is 0.188 e. The molecule has 0 aliphatic carbocycles. The quantitative estimate of drug-likeness (QED) is 0.487. The molecule has 0 aromatic heterocycles. The maximum atomic E-state index is 10.4. The van der Waals surface area contributed by atoms with E-state index >= 15 is 0 Å². The van der Waals surface area contributed by atoms with Gasteiger partial charge in [-0.1, -0.05) is 35.4 Å². The summed E-state index contributed by atoms with van der Waals surface area (Å²) in [7, 11) is 0. The van der Waals surface area contributed by atoms with Crippen LogP contribution in [0.3, 0.4) is 0 Å². The highest BCUT2D eigenvalue weighted by Gasteiger charge is 2.56. The molecule has 1 aromatic carbocycles. The Kier molecular flexibility index (Phi) is 5.05. The van der Waals surface area contributed by atoms with Crippen LogP contribution in [0.2, 0.25) is 0 Å². The molecule has 2 aliphatic heterocycles. The van der Waals surface area contributed by atoms with E-state index in [1.165, 1.54) is 0 Å². The van der Waals surface area contributed by atoms with Crippen LogP contribution in [-0.4, -0.2) is 48.1 Å². The van der Waals surface area contributed by atoms with Crippen molar-refractivity contribution in [2.45, 2.75) is 56.9 Å². The summed E-state index contributed by atoms with van der Waals surface area (Å²) >= 11 is 0. The molecule has 5 atom stereocenters. The van der Waals surface area contributed by atoms with Gasteiger partial charge in [-0.3, -0.25) is 0 Å². The van der Waals surface area contributed by atoms with E-state index in [1.807, 2.05) is 30.3 Å². The van der Waals surface area contributed by atoms with E-state index in [1.54, 1.807) is 13.8 Å². The highest BCUT2D eigenvalue weighted by molar-refractivity contribution is 5.13. The zero-order valence-electron chi connectivity index (χ0n) is 13.6. The van der Waals surface area contributed by atoms with Crippen LogP contribution in [0.5, 0.6) is 0 Å². The molecule has 2 saturated heterocycles. The summed E-state index contributed by atoms with van der Waals surface area (Å²) in [6.45, 7) is 3.95. The van der Waals surface area contributed by atoms with E-state index in [2.05, 4.69) is 10.0 Å². The molecule has 8 heteroatoms. The fraction of sp³-hybridized carbons (Fsp3) is 0.625. The fourth-order valence-electron chi connectivity index (χ4n) is 2.99. The molecule has 0 amide bonds. The largest absolute Gasteiger partial charge is 0.388 e. The SMILES string of the molecule is CC1(C)O[C@@H]2O[C@@H](C(O)COCc3ccccc3)C(N=[N+]=[N-])[C@@H]2O1. The summed E-state index contributed by atoms with van der Waals surface area (Å²) in [5, 5.41) is 14.1. The van der Waals surface area contributed by atoms with Crippen molar-refractivity contribution in [3.63, 3.8) is 0 Å². The van der Waals surface area contributed by atoms with Gasteiger partial charge in [-0.05, 0) is 24.9 Å². The van der Waals surface area contributed by atoms with Crippen LogP contribution in [0, 0.1) is 0 Å². The van der Waals surface area contributed by atoms with Gasteiger partial charge in [0.05, 0.1) is 19.3 Å². The Morgan fingerprint density at radius 1 is 1.33 bits per heavy atom. The highest BCUT2D eigenvalue weighted by Crippen LogP contribution is 2.39. The van der Waals surface area contributed by atoms with Gasteiger partial charge < -0.3 is 24.1 Å². The number of nitrogens with zero attached hydrogens (tertiary/aromatic N) is 3. The third-order valence-corrected chi connectivity index (χ3v) is 4.02. The van der Waals surface area contributed by atoms with Crippen molar-refractivity contribution in [3.05, 3.63) is 46.3 Å². The monoisotopic (exact) mass is 335 g/mol. The predicted molar refractivity (Wildman–Crippen MR) is 83.7 cm³/mol. The molecule has 0 saturated carbocycles. The zero-order valence-corrected chi connectivity index (χ0v) is 13.6. The third-order valence-electron chi connectivity index (χ3n) is 4.02. The molecular weight excluding hydrogens is 314 g/mol. The van der Waals surface area contributed by atoms with Gasteiger partial charge in [0.1, 0.15) is 18.3 Å². The summed E-state index contributed by atoms with van der Waals surface area (Å²) in [4.78, 5) is 2.84. The number of rotatable bonds is 6. The first-order valence-corrected chi connectivity index (χ1v) is 7.85. The first kappa shape index (κ1) is 17.2. The van der Waals surface area contributed by atoms with Gasteiger partial charge in [0.2, 0.25) is 0 Å². The van der Waals surface area contributed by atoms with E-state index < -0.39 is 36.4 Å². The fourth-order valence-corrected chi connectivity index (χ4v) is 2.99. The van der Waals surface area contributed by atoms with Gasteiger partial charge in [0.25, 0.3) is 0 Å². The van der Waals surface area contributed by atoms with E-state index in [9.17, 15) is 5.11 Å². The van der Waals surface area contributed by atoms with Crippen molar-refractivity contribution in [2.75, 3.05) is 6.61 Å². The van der Waals surface area contributed by atoms with Crippen LogP contribution in [0.1, 0.15) is 19.4 Å². The Morgan fingerprint density at radius 2 is 2.08 bits per heavy atom. The average Bonchev–Trinajstić information content (AvgIpc) is 3.02. The maximum absolute atomic E-state index is 10.4. The molecule has 0 spiro atoms. The number of fused-ring (bicyclic) bond motifs is 1. The molecule has 2 unspecified atom stereocenters. The number of hydrogen-bond acceptors (Lipinski definition) is 6. The summed E-state index contributed by atoms with van der Waals surface area (Å²) in [6, 6.07) is 8.98. The van der Waals surface area contributed by atoms with Crippen molar-refractivity contribution < 1.29 is 24.1 Å². The minimum absolute atomic E-state index is 0.0554. The number of hydrogen-bond donors (Lipinski definition) is 1. The second-order valence-electron chi connectivity index (χ2n) is 6.33. The number of aliphatic hydroxyl groups is 1. The summed E-state index contributed by atoms with van der Waals surface area (Å²) in [5.41, 5.74) is 9.80. The Hall–Kier alpha value is -1.67. The van der Waals surface area contributed by atoms with Crippen molar-refractivity contribution >= 4 is 0 Å². The Balaban J connectivity index is 1.58. The van der Waals surface area contributed by atoms with E-state index in [0.29, 0.717) is 6.61 Å². The second-order valence-corrected chi connectivity index (χ2v) is 6.33. The second kappa shape index (κ2) is 7.06. The van der Waals surface area contributed by atoms with E-state index in [4.69, 9.17) is 24.5 Å². The van der Waals surface area contributed by atoms with Crippen molar-refractivity contribution in [2.24, 2.45) is 5.11 Å². The lowest BCUT2D eigenvalue weighted by Crippen LogP contribution is -2.41. The number of azide groups is 1. The molecule has 3 rings (SSSR count). The molecule has 2 aliphatic rings. The molecule has 0 radical (unpaired) electrons.